The van der Waals surface area contributed by atoms with Gasteiger partial charge in [-0.25, -0.2) is 0 Å². The molecule has 2 aromatic carbocycles. The van der Waals surface area contributed by atoms with Crippen molar-refractivity contribution in [1.29, 1.82) is 0 Å². The van der Waals surface area contributed by atoms with Crippen molar-refractivity contribution in [3.8, 4) is 0 Å². The van der Waals surface area contributed by atoms with Crippen LogP contribution >= 0.6 is 11.6 Å². The molecule has 0 spiro atoms. The summed E-state index contributed by atoms with van der Waals surface area (Å²) >= 11 is 6.00. The average Bonchev–Trinajstić information content (AvgIpc) is 3.14. The summed E-state index contributed by atoms with van der Waals surface area (Å²) in [5, 5.41) is 0.585. The number of benzene rings is 2. The lowest BCUT2D eigenvalue weighted by molar-refractivity contribution is -0.491. The molecular weight excluding hydrogens is 474 g/mol. The average molecular weight is 509 g/mol. The number of piperidine rings is 1. The Morgan fingerprint density at radius 2 is 1.75 bits per heavy atom. The normalized spacial score (nSPS) is 19.1. The molecule has 0 bridgehead atoms. The van der Waals surface area contributed by atoms with Gasteiger partial charge in [0, 0.05) is 29.4 Å². The standard InChI is InChI=1S/C28H35ClN5O2/c1-30-17-18-31(2)28(30)32-14-11-21(12-15-32)13-16-34-25-6-4-3-5-23(25)19-33(20-26(34)35)27(36)22-7-9-24(29)10-8-22/h3-10,21H,11-20H2,1-2H3/q+1. The number of likely N-dealkylation sites (tertiary alicyclic amines) is 1. The fourth-order valence-electron chi connectivity index (χ4n) is 5.72. The van der Waals surface area contributed by atoms with E-state index in [1.54, 1.807) is 29.2 Å². The molecule has 36 heavy (non-hydrogen) atoms. The highest BCUT2D eigenvalue weighted by Crippen LogP contribution is 2.29. The van der Waals surface area contributed by atoms with Crippen LogP contribution in [0.3, 0.4) is 0 Å². The summed E-state index contributed by atoms with van der Waals surface area (Å²) in [6.45, 7) is 5.45. The van der Waals surface area contributed by atoms with Crippen LogP contribution in [0.4, 0.5) is 5.69 Å². The van der Waals surface area contributed by atoms with Gasteiger partial charge in [-0.05, 0) is 61.1 Å². The molecule has 1 fully saturated rings. The first kappa shape index (κ1) is 24.6. The number of rotatable bonds is 4. The fraction of sp³-hybridized carbons (Fsp3) is 0.464. The molecule has 0 N–H and O–H groups in total. The van der Waals surface area contributed by atoms with Crippen LogP contribution in [0.2, 0.25) is 5.02 Å². The zero-order valence-electron chi connectivity index (χ0n) is 21.2. The largest absolute Gasteiger partial charge is 0.350 e. The minimum absolute atomic E-state index is 0.0236. The van der Waals surface area contributed by atoms with Crippen LogP contribution in [0.25, 0.3) is 0 Å². The summed E-state index contributed by atoms with van der Waals surface area (Å²) in [6, 6.07) is 14.8. The smallest absolute Gasteiger partial charge is 0.325 e. The number of guanidine groups is 1. The molecule has 0 unspecified atom stereocenters. The Kier molecular flexibility index (Phi) is 7.19. The lowest BCUT2D eigenvalue weighted by Gasteiger charge is -2.32. The van der Waals surface area contributed by atoms with Crippen molar-refractivity contribution >= 4 is 35.1 Å². The third-order valence-corrected chi connectivity index (χ3v) is 8.01. The highest BCUT2D eigenvalue weighted by atomic mass is 35.5. The van der Waals surface area contributed by atoms with Crippen molar-refractivity contribution in [2.45, 2.75) is 25.8 Å². The summed E-state index contributed by atoms with van der Waals surface area (Å²) in [5.74, 6) is 1.76. The van der Waals surface area contributed by atoms with Gasteiger partial charge in [-0.15, -0.1) is 0 Å². The van der Waals surface area contributed by atoms with Gasteiger partial charge in [0.2, 0.25) is 5.91 Å². The highest BCUT2D eigenvalue weighted by Gasteiger charge is 2.34. The first-order valence-electron chi connectivity index (χ1n) is 12.9. The molecule has 3 heterocycles. The van der Waals surface area contributed by atoms with E-state index in [1.165, 1.54) is 5.96 Å². The molecular formula is C28H35ClN5O2+. The highest BCUT2D eigenvalue weighted by molar-refractivity contribution is 6.30. The predicted octanol–water partition coefficient (Wildman–Crippen LogP) is 3.37. The summed E-state index contributed by atoms with van der Waals surface area (Å²) in [4.78, 5) is 35.1. The van der Waals surface area contributed by atoms with Gasteiger partial charge >= 0.3 is 5.96 Å². The zero-order valence-corrected chi connectivity index (χ0v) is 22.0. The Morgan fingerprint density at radius 3 is 2.44 bits per heavy atom. The first-order chi connectivity index (χ1) is 17.4. The molecule has 2 aromatic rings. The minimum Gasteiger partial charge on any atom is -0.325 e. The van der Waals surface area contributed by atoms with Gasteiger partial charge in [0.05, 0.1) is 40.3 Å². The van der Waals surface area contributed by atoms with Crippen molar-refractivity contribution in [2.24, 2.45) is 5.92 Å². The van der Waals surface area contributed by atoms with Crippen LogP contribution in [0, 0.1) is 5.92 Å². The Morgan fingerprint density at radius 1 is 1.03 bits per heavy atom. The summed E-state index contributed by atoms with van der Waals surface area (Å²) in [7, 11) is 4.35. The van der Waals surface area contributed by atoms with Crippen molar-refractivity contribution in [1.82, 2.24) is 14.7 Å². The molecule has 0 atom stereocenters. The summed E-state index contributed by atoms with van der Waals surface area (Å²) in [5.41, 5.74) is 2.47. The van der Waals surface area contributed by atoms with Crippen LogP contribution in [-0.4, -0.2) is 90.4 Å². The minimum atomic E-state index is -0.150. The molecule has 3 aliphatic heterocycles. The number of para-hydroxylation sites is 1. The first-order valence-corrected chi connectivity index (χ1v) is 13.3. The number of carbonyl (C=O) groups excluding carboxylic acids is 2. The Balaban J connectivity index is 1.25. The van der Waals surface area contributed by atoms with Crippen molar-refractivity contribution in [3.63, 3.8) is 0 Å². The van der Waals surface area contributed by atoms with Gasteiger partial charge in [0.15, 0.2) is 0 Å². The zero-order chi connectivity index (χ0) is 25.2. The topological polar surface area (TPSA) is 50.1 Å². The summed E-state index contributed by atoms with van der Waals surface area (Å²) < 4.78 is 2.35. The van der Waals surface area contributed by atoms with Crippen LogP contribution < -0.4 is 4.90 Å². The second-order valence-electron chi connectivity index (χ2n) is 10.2. The number of halogens is 1. The SMILES string of the molecule is CN1CC[N+](C)=C1N1CCC(CCN2C(=O)CN(C(=O)c3ccc(Cl)cc3)Cc3ccccc32)CC1. The molecule has 1 saturated heterocycles. The van der Waals surface area contributed by atoms with Crippen molar-refractivity contribution in [2.75, 3.05) is 58.3 Å². The van der Waals surface area contributed by atoms with Crippen LogP contribution in [0.5, 0.6) is 0 Å². The van der Waals surface area contributed by atoms with Crippen LogP contribution in [-0.2, 0) is 11.3 Å². The third-order valence-electron chi connectivity index (χ3n) is 7.76. The molecule has 0 saturated carbocycles. The maximum Gasteiger partial charge on any atom is 0.350 e. The molecule has 8 heteroatoms. The number of carbonyl (C=O) groups is 2. The summed E-state index contributed by atoms with van der Waals surface area (Å²) in [6.07, 6.45) is 3.24. The van der Waals surface area contributed by atoms with Crippen LogP contribution in [0.1, 0.15) is 35.2 Å². The predicted molar refractivity (Wildman–Crippen MR) is 143 cm³/mol. The van der Waals surface area contributed by atoms with Gasteiger partial charge in [-0.3, -0.25) is 24.0 Å². The lowest BCUT2D eigenvalue weighted by atomic mass is 9.93. The van der Waals surface area contributed by atoms with Crippen molar-refractivity contribution in [3.05, 3.63) is 64.7 Å². The van der Waals surface area contributed by atoms with Gasteiger partial charge in [-0.2, -0.15) is 0 Å². The van der Waals surface area contributed by atoms with Crippen molar-refractivity contribution < 1.29 is 14.2 Å². The van der Waals surface area contributed by atoms with E-state index >= 15 is 0 Å². The van der Waals surface area contributed by atoms with E-state index in [1.807, 2.05) is 29.2 Å². The Labute approximate surface area is 218 Å². The third kappa shape index (κ3) is 5.07. The van der Waals surface area contributed by atoms with E-state index in [4.69, 9.17) is 11.6 Å². The number of amides is 2. The number of anilines is 1. The molecule has 7 nitrogen and oxygen atoms in total. The maximum absolute atomic E-state index is 13.4. The monoisotopic (exact) mass is 508 g/mol. The van der Waals surface area contributed by atoms with E-state index in [0.717, 1.165) is 56.7 Å². The van der Waals surface area contributed by atoms with E-state index in [-0.39, 0.29) is 18.4 Å². The number of hydrogen-bond donors (Lipinski definition) is 0. The molecule has 2 amide bonds. The van der Waals surface area contributed by atoms with E-state index in [0.29, 0.717) is 29.6 Å². The van der Waals surface area contributed by atoms with Gasteiger partial charge in [0.25, 0.3) is 5.91 Å². The van der Waals surface area contributed by atoms with E-state index in [9.17, 15) is 9.59 Å². The molecule has 0 aromatic heterocycles. The molecule has 3 aliphatic rings. The number of hydrogen-bond acceptors (Lipinski definition) is 4. The fourth-order valence-corrected chi connectivity index (χ4v) is 5.85. The lowest BCUT2D eigenvalue weighted by Crippen LogP contribution is -2.47. The molecule has 190 valence electrons. The van der Waals surface area contributed by atoms with Gasteiger partial charge in [-0.1, -0.05) is 29.8 Å². The van der Waals surface area contributed by atoms with Gasteiger partial charge < -0.3 is 9.80 Å². The number of fused-ring (bicyclic) bond motifs is 1. The Bertz CT molecular complexity index is 1160. The number of likely N-dealkylation sites (N-methyl/N-ethyl adjacent to an activating group) is 2. The van der Waals surface area contributed by atoms with Crippen LogP contribution in [0.15, 0.2) is 48.5 Å². The number of nitrogens with zero attached hydrogens (tertiary/aromatic N) is 5. The molecule has 0 radical (unpaired) electrons. The Hall–Kier alpha value is -3.06. The quantitative estimate of drug-likeness (QED) is 0.594. The van der Waals surface area contributed by atoms with E-state index in [2.05, 4.69) is 28.5 Å². The maximum atomic E-state index is 13.4. The molecule has 0 aliphatic carbocycles. The second kappa shape index (κ2) is 10.5. The van der Waals surface area contributed by atoms with E-state index < -0.39 is 0 Å². The second-order valence-corrected chi connectivity index (χ2v) is 10.6. The van der Waals surface area contributed by atoms with Gasteiger partial charge in [0.1, 0.15) is 6.54 Å². The molecule has 5 rings (SSSR count).